The largest absolute Gasteiger partial charge is 0.105 e. The molecule has 0 aliphatic carbocycles. The van der Waals surface area contributed by atoms with Crippen LogP contribution >= 0.6 is 9.24 Å². The van der Waals surface area contributed by atoms with Crippen LogP contribution in [0.4, 0.5) is 0 Å². The van der Waals surface area contributed by atoms with Gasteiger partial charge < -0.3 is 0 Å². The van der Waals surface area contributed by atoms with Crippen LogP contribution < -0.4 is 5.30 Å². The summed E-state index contributed by atoms with van der Waals surface area (Å²) < 4.78 is 0. The van der Waals surface area contributed by atoms with Crippen LogP contribution in [0, 0.1) is 13.8 Å². The molecule has 1 aromatic rings. The predicted molar refractivity (Wildman–Crippen MR) is 56.8 cm³/mol. The Labute approximate surface area is 115 Å². The number of aryl methyl sites for hydroxylation is 2. The number of hydrogen-bond acceptors (Lipinski definition) is 0. The Morgan fingerprint density at radius 3 is 2.00 bits per heavy atom. The molecule has 1 aromatic carbocycles. The molecule has 1 atom stereocenters. The second kappa shape index (κ2) is 7.09. The Morgan fingerprint density at radius 2 is 1.64 bits per heavy atom. The molecule has 0 spiro atoms. The van der Waals surface area contributed by atoms with Gasteiger partial charge in [0, 0.05) is 59.1 Å². The summed E-state index contributed by atoms with van der Waals surface area (Å²) in [5.41, 5.74) is 2.68. The van der Waals surface area contributed by atoms with Gasteiger partial charge >= 0.3 is 0 Å². The van der Waals surface area contributed by atoms with Crippen molar-refractivity contribution >= 4 is 73.7 Å². The average molecular weight is 184 g/mol. The fourth-order valence-corrected chi connectivity index (χ4v) is 1.01. The van der Waals surface area contributed by atoms with Crippen molar-refractivity contribution in [3.05, 3.63) is 29.3 Å². The van der Waals surface area contributed by atoms with Crippen molar-refractivity contribution < 1.29 is 0 Å². The van der Waals surface area contributed by atoms with Gasteiger partial charge in [-0.15, -0.1) is 9.24 Å². The van der Waals surface area contributed by atoms with E-state index < -0.39 is 0 Å². The molecule has 0 aliphatic heterocycles. The van der Waals surface area contributed by atoms with E-state index in [-0.39, 0.29) is 59.1 Å². The van der Waals surface area contributed by atoms with Gasteiger partial charge in [-0.05, 0) is 24.7 Å². The Hall–Kier alpha value is 1.65. The van der Waals surface area contributed by atoms with Crippen molar-refractivity contribution in [2.24, 2.45) is 0 Å². The van der Waals surface area contributed by atoms with E-state index in [4.69, 9.17) is 0 Å². The maximum Gasteiger partial charge on any atom is 0 e. The summed E-state index contributed by atoms with van der Waals surface area (Å²) in [5.74, 6) is 0. The molecule has 0 aromatic heterocycles. The SMILES string of the molecule is Cc1ccc(P)c(C)c1.[Na].[Na]. The minimum atomic E-state index is 0. The van der Waals surface area contributed by atoms with Crippen molar-refractivity contribution in [1.82, 2.24) is 0 Å². The van der Waals surface area contributed by atoms with Crippen molar-refractivity contribution in [2.75, 3.05) is 0 Å². The van der Waals surface area contributed by atoms with E-state index in [9.17, 15) is 0 Å². The molecule has 0 nitrogen and oxygen atoms in total. The Balaban J connectivity index is 0. The van der Waals surface area contributed by atoms with E-state index in [1.165, 1.54) is 16.4 Å². The molecule has 3 heteroatoms. The smallest absolute Gasteiger partial charge is 0 e. The Bertz CT molecular complexity index is 223. The molecular formula is C8H11Na2P. The van der Waals surface area contributed by atoms with Gasteiger partial charge in [-0.1, -0.05) is 23.8 Å². The zero-order valence-electron chi connectivity index (χ0n) is 7.81. The summed E-state index contributed by atoms with van der Waals surface area (Å²) in [4.78, 5) is 0. The topological polar surface area (TPSA) is 0 Å². The predicted octanol–water partition coefficient (Wildman–Crippen LogP) is 1.04. The standard InChI is InChI=1S/C8H11P.2Na/c1-6-3-4-8(9)7(2)5-6;;/h3-5H,9H2,1-2H3;;. The Kier molecular flexibility index (Phi) is 9.76. The van der Waals surface area contributed by atoms with Crippen LogP contribution in [0.15, 0.2) is 18.2 Å². The van der Waals surface area contributed by atoms with Gasteiger partial charge in [0.2, 0.25) is 0 Å². The van der Waals surface area contributed by atoms with Gasteiger partial charge in [0.25, 0.3) is 0 Å². The van der Waals surface area contributed by atoms with Crippen LogP contribution in [0.1, 0.15) is 11.1 Å². The molecule has 0 bridgehead atoms. The van der Waals surface area contributed by atoms with E-state index in [2.05, 4.69) is 41.3 Å². The van der Waals surface area contributed by atoms with Crippen LogP contribution in [0.25, 0.3) is 0 Å². The second-order valence-corrected chi connectivity index (χ2v) is 2.98. The van der Waals surface area contributed by atoms with Crippen LogP contribution in [0.3, 0.4) is 0 Å². The molecule has 2 radical (unpaired) electrons. The number of benzene rings is 1. The Morgan fingerprint density at radius 1 is 1.09 bits per heavy atom. The van der Waals surface area contributed by atoms with E-state index in [0.29, 0.717) is 0 Å². The molecule has 0 fully saturated rings. The van der Waals surface area contributed by atoms with Crippen LogP contribution in [-0.4, -0.2) is 59.1 Å². The molecule has 50 valence electrons. The van der Waals surface area contributed by atoms with Gasteiger partial charge in [0.1, 0.15) is 0 Å². The van der Waals surface area contributed by atoms with Crippen LogP contribution in [0.2, 0.25) is 0 Å². The summed E-state index contributed by atoms with van der Waals surface area (Å²) in [7, 11) is 2.71. The normalized spacial score (nSPS) is 7.91. The van der Waals surface area contributed by atoms with Gasteiger partial charge in [0.15, 0.2) is 0 Å². The van der Waals surface area contributed by atoms with Crippen LogP contribution in [-0.2, 0) is 0 Å². The zero-order valence-corrected chi connectivity index (χ0v) is 13.0. The summed E-state index contributed by atoms with van der Waals surface area (Å²) in [6, 6.07) is 6.42. The fraction of sp³-hybridized carbons (Fsp3) is 0.250. The van der Waals surface area contributed by atoms with Crippen molar-refractivity contribution in [3.8, 4) is 0 Å². The molecule has 0 saturated carbocycles. The second-order valence-electron chi connectivity index (χ2n) is 2.36. The monoisotopic (exact) mass is 184 g/mol. The molecule has 1 rings (SSSR count). The van der Waals surface area contributed by atoms with E-state index >= 15 is 0 Å². The van der Waals surface area contributed by atoms with Crippen molar-refractivity contribution in [1.29, 1.82) is 0 Å². The third kappa shape index (κ3) is 5.05. The van der Waals surface area contributed by atoms with Gasteiger partial charge in [0.05, 0.1) is 0 Å². The molecule has 0 saturated heterocycles. The quantitative estimate of drug-likeness (QED) is 0.417. The molecule has 1 unspecified atom stereocenters. The first kappa shape index (κ1) is 15.1. The molecule has 0 aliphatic rings. The summed E-state index contributed by atoms with van der Waals surface area (Å²) >= 11 is 0. The van der Waals surface area contributed by atoms with Gasteiger partial charge in [-0.3, -0.25) is 0 Å². The molecule has 0 amide bonds. The first-order valence-corrected chi connectivity index (χ1v) is 3.60. The molecule has 0 heterocycles. The third-order valence-corrected chi connectivity index (χ3v) is 2.07. The minimum absolute atomic E-state index is 0. The first-order valence-electron chi connectivity index (χ1n) is 3.03. The zero-order chi connectivity index (χ0) is 6.85. The minimum Gasteiger partial charge on any atom is -0.105 e. The fourth-order valence-electron chi connectivity index (χ4n) is 0.826. The number of rotatable bonds is 0. The maximum atomic E-state index is 2.71. The van der Waals surface area contributed by atoms with E-state index in [1.807, 2.05) is 0 Å². The van der Waals surface area contributed by atoms with Crippen molar-refractivity contribution in [3.63, 3.8) is 0 Å². The van der Waals surface area contributed by atoms with Crippen molar-refractivity contribution in [2.45, 2.75) is 13.8 Å². The van der Waals surface area contributed by atoms with Gasteiger partial charge in [-0.25, -0.2) is 0 Å². The average Bonchev–Trinajstić information content (AvgIpc) is 1.80. The summed E-state index contributed by atoms with van der Waals surface area (Å²) in [6.07, 6.45) is 0. The summed E-state index contributed by atoms with van der Waals surface area (Å²) in [5, 5.41) is 1.29. The van der Waals surface area contributed by atoms with E-state index in [1.54, 1.807) is 0 Å². The molecular weight excluding hydrogens is 173 g/mol. The van der Waals surface area contributed by atoms with E-state index in [0.717, 1.165) is 0 Å². The maximum absolute atomic E-state index is 2.71. The molecule has 0 N–H and O–H groups in total. The van der Waals surface area contributed by atoms with Gasteiger partial charge in [-0.2, -0.15) is 0 Å². The number of hydrogen-bond donors (Lipinski definition) is 0. The molecule has 11 heavy (non-hydrogen) atoms. The third-order valence-electron chi connectivity index (χ3n) is 1.43. The first-order chi connectivity index (χ1) is 4.20. The summed E-state index contributed by atoms with van der Waals surface area (Å²) in [6.45, 7) is 4.23. The van der Waals surface area contributed by atoms with Crippen LogP contribution in [0.5, 0.6) is 0 Å².